The summed E-state index contributed by atoms with van der Waals surface area (Å²) in [6.07, 6.45) is 4.33. The minimum absolute atomic E-state index is 0.352. The van der Waals surface area contributed by atoms with Crippen molar-refractivity contribution >= 4 is 16.9 Å². The highest BCUT2D eigenvalue weighted by Crippen LogP contribution is 2.21. The molecule has 2 rings (SSSR count). The number of carboxylic acid groups (broad SMARTS) is 1. The number of benzene rings is 1. The van der Waals surface area contributed by atoms with E-state index in [2.05, 4.69) is 24.0 Å². The van der Waals surface area contributed by atoms with E-state index in [9.17, 15) is 4.79 Å². The molecule has 96 valence electrons. The molecule has 0 fully saturated rings. The largest absolute Gasteiger partial charge is 0.480 e. The molecule has 0 bridgehead atoms. The molecule has 0 aliphatic carbocycles. The van der Waals surface area contributed by atoms with Crippen LogP contribution < -0.4 is 5.73 Å². The molecule has 0 saturated heterocycles. The number of aryl methyl sites for hydroxylation is 1. The molecule has 0 aliphatic rings. The highest BCUT2D eigenvalue weighted by atomic mass is 16.4. The van der Waals surface area contributed by atoms with Crippen LogP contribution in [0.5, 0.6) is 0 Å². The Morgan fingerprint density at radius 2 is 2.28 bits per heavy atom. The summed E-state index contributed by atoms with van der Waals surface area (Å²) in [6, 6.07) is 5.41. The minimum Gasteiger partial charge on any atom is -0.480 e. The van der Waals surface area contributed by atoms with Gasteiger partial charge in [0.2, 0.25) is 0 Å². The second kappa shape index (κ2) is 5.23. The maximum absolute atomic E-state index is 10.8. The Balaban J connectivity index is 2.33. The van der Waals surface area contributed by atoms with Gasteiger partial charge >= 0.3 is 5.97 Å². The van der Waals surface area contributed by atoms with Crippen LogP contribution in [0.3, 0.4) is 0 Å². The zero-order chi connectivity index (χ0) is 13.1. The van der Waals surface area contributed by atoms with Crippen molar-refractivity contribution in [3.8, 4) is 0 Å². The molecule has 4 heteroatoms. The predicted octanol–water partition coefficient (Wildman–Crippen LogP) is 2.07. The van der Waals surface area contributed by atoms with E-state index in [4.69, 9.17) is 10.8 Å². The Kier molecular flexibility index (Phi) is 3.67. The average Bonchev–Trinajstić information content (AvgIpc) is 2.72. The smallest absolute Gasteiger partial charge is 0.320 e. The normalized spacial score (nSPS) is 12.8. The van der Waals surface area contributed by atoms with Crippen LogP contribution in [0.2, 0.25) is 0 Å². The van der Waals surface area contributed by atoms with Gasteiger partial charge in [-0.1, -0.05) is 19.4 Å². The lowest BCUT2D eigenvalue weighted by atomic mass is 10.0. The molecule has 0 aliphatic heterocycles. The van der Waals surface area contributed by atoms with Gasteiger partial charge in [0.05, 0.1) is 0 Å². The standard InChI is InChI=1S/C14H18N2O2/c1-2-3-9-4-5-13-11(6-9)10(8-16-13)7-12(15)14(17)18/h4-6,8,12,16H,2-3,7,15H2,1H3,(H,17,18). The van der Waals surface area contributed by atoms with Gasteiger partial charge in [-0.2, -0.15) is 0 Å². The van der Waals surface area contributed by atoms with E-state index in [-0.39, 0.29) is 0 Å². The molecule has 4 N–H and O–H groups in total. The number of hydrogen-bond acceptors (Lipinski definition) is 2. The number of carboxylic acids is 1. The van der Waals surface area contributed by atoms with E-state index in [1.165, 1.54) is 5.56 Å². The first-order valence-electron chi connectivity index (χ1n) is 6.19. The van der Waals surface area contributed by atoms with Crippen LogP contribution in [-0.4, -0.2) is 22.1 Å². The fraction of sp³-hybridized carbons (Fsp3) is 0.357. The van der Waals surface area contributed by atoms with Gasteiger partial charge in [0.1, 0.15) is 6.04 Å². The third-order valence-electron chi connectivity index (χ3n) is 3.13. The minimum atomic E-state index is -0.964. The van der Waals surface area contributed by atoms with Crippen LogP contribution in [0, 0.1) is 0 Å². The molecule has 0 radical (unpaired) electrons. The molecule has 1 atom stereocenters. The predicted molar refractivity (Wildman–Crippen MR) is 71.6 cm³/mol. The zero-order valence-corrected chi connectivity index (χ0v) is 10.4. The maximum atomic E-state index is 10.8. The number of fused-ring (bicyclic) bond motifs is 1. The molecule has 0 saturated carbocycles. The van der Waals surface area contributed by atoms with Crippen molar-refractivity contribution in [2.75, 3.05) is 0 Å². The third-order valence-corrected chi connectivity index (χ3v) is 3.13. The summed E-state index contributed by atoms with van der Waals surface area (Å²) < 4.78 is 0. The number of carbonyl (C=O) groups is 1. The summed E-state index contributed by atoms with van der Waals surface area (Å²) in [4.78, 5) is 13.9. The van der Waals surface area contributed by atoms with E-state index < -0.39 is 12.0 Å². The van der Waals surface area contributed by atoms with Crippen molar-refractivity contribution in [3.05, 3.63) is 35.5 Å². The van der Waals surface area contributed by atoms with Crippen LogP contribution in [0.25, 0.3) is 10.9 Å². The number of aliphatic carboxylic acids is 1. The van der Waals surface area contributed by atoms with Gasteiger partial charge in [-0.05, 0) is 29.7 Å². The van der Waals surface area contributed by atoms with Crippen molar-refractivity contribution in [1.29, 1.82) is 0 Å². The van der Waals surface area contributed by atoms with Gasteiger partial charge in [0, 0.05) is 23.5 Å². The highest BCUT2D eigenvalue weighted by molar-refractivity contribution is 5.85. The number of aromatic amines is 1. The lowest BCUT2D eigenvalue weighted by Crippen LogP contribution is -2.32. The van der Waals surface area contributed by atoms with E-state index in [1.807, 2.05) is 12.3 Å². The van der Waals surface area contributed by atoms with Crippen molar-refractivity contribution in [2.24, 2.45) is 5.73 Å². The third kappa shape index (κ3) is 2.54. The number of hydrogen-bond donors (Lipinski definition) is 3. The molecule has 1 unspecified atom stereocenters. The topological polar surface area (TPSA) is 79.1 Å². The van der Waals surface area contributed by atoms with E-state index in [0.29, 0.717) is 6.42 Å². The number of rotatable bonds is 5. The molecular formula is C14H18N2O2. The fourth-order valence-corrected chi connectivity index (χ4v) is 2.16. The molecule has 1 aromatic heterocycles. The number of nitrogens with two attached hydrogens (primary N) is 1. The Hall–Kier alpha value is -1.81. The Morgan fingerprint density at radius 1 is 1.50 bits per heavy atom. The van der Waals surface area contributed by atoms with Crippen LogP contribution in [-0.2, 0) is 17.6 Å². The van der Waals surface area contributed by atoms with Gasteiger partial charge in [-0.25, -0.2) is 0 Å². The Labute approximate surface area is 106 Å². The number of nitrogens with one attached hydrogen (secondary N) is 1. The summed E-state index contributed by atoms with van der Waals surface area (Å²) in [5, 5.41) is 9.94. The first kappa shape index (κ1) is 12.6. The van der Waals surface area contributed by atoms with Crippen LogP contribution >= 0.6 is 0 Å². The van der Waals surface area contributed by atoms with Gasteiger partial charge < -0.3 is 15.8 Å². The van der Waals surface area contributed by atoms with Crippen molar-refractivity contribution < 1.29 is 9.90 Å². The monoisotopic (exact) mass is 246 g/mol. The SMILES string of the molecule is CCCc1ccc2[nH]cc(CC(N)C(=O)O)c2c1. The Morgan fingerprint density at radius 3 is 2.94 bits per heavy atom. The van der Waals surface area contributed by atoms with Crippen LogP contribution in [0.15, 0.2) is 24.4 Å². The van der Waals surface area contributed by atoms with Crippen molar-refractivity contribution in [1.82, 2.24) is 4.98 Å². The van der Waals surface area contributed by atoms with Gasteiger partial charge in [-0.15, -0.1) is 0 Å². The molecule has 4 nitrogen and oxygen atoms in total. The van der Waals surface area contributed by atoms with Crippen molar-refractivity contribution in [2.45, 2.75) is 32.2 Å². The second-order valence-corrected chi connectivity index (χ2v) is 4.59. The summed E-state index contributed by atoms with van der Waals surface area (Å²) in [6.45, 7) is 2.14. The van der Waals surface area contributed by atoms with Crippen LogP contribution in [0.4, 0.5) is 0 Å². The lowest BCUT2D eigenvalue weighted by Gasteiger charge is -2.05. The van der Waals surface area contributed by atoms with E-state index in [1.54, 1.807) is 0 Å². The summed E-state index contributed by atoms with van der Waals surface area (Å²) in [7, 11) is 0. The summed E-state index contributed by atoms with van der Waals surface area (Å²) >= 11 is 0. The molecule has 1 aromatic carbocycles. The first-order valence-corrected chi connectivity index (χ1v) is 6.19. The molecular weight excluding hydrogens is 228 g/mol. The maximum Gasteiger partial charge on any atom is 0.320 e. The second-order valence-electron chi connectivity index (χ2n) is 4.59. The van der Waals surface area contributed by atoms with Gasteiger partial charge in [0.25, 0.3) is 0 Å². The van der Waals surface area contributed by atoms with E-state index >= 15 is 0 Å². The Bertz CT molecular complexity index is 560. The molecule has 1 heterocycles. The quantitative estimate of drug-likeness (QED) is 0.755. The highest BCUT2D eigenvalue weighted by Gasteiger charge is 2.14. The molecule has 18 heavy (non-hydrogen) atoms. The number of H-pyrrole nitrogens is 1. The fourth-order valence-electron chi connectivity index (χ4n) is 2.16. The van der Waals surface area contributed by atoms with Gasteiger partial charge in [-0.3, -0.25) is 4.79 Å². The average molecular weight is 246 g/mol. The molecule has 0 spiro atoms. The summed E-state index contributed by atoms with van der Waals surface area (Å²) in [5.41, 5.74) is 8.86. The van der Waals surface area contributed by atoms with E-state index in [0.717, 1.165) is 29.3 Å². The van der Waals surface area contributed by atoms with Crippen LogP contribution in [0.1, 0.15) is 24.5 Å². The number of aromatic nitrogens is 1. The first-order chi connectivity index (χ1) is 8.61. The zero-order valence-electron chi connectivity index (χ0n) is 10.4. The lowest BCUT2D eigenvalue weighted by molar-refractivity contribution is -0.138. The summed E-state index contributed by atoms with van der Waals surface area (Å²) in [5.74, 6) is -0.964. The van der Waals surface area contributed by atoms with Gasteiger partial charge in [0.15, 0.2) is 0 Å². The molecule has 0 amide bonds. The van der Waals surface area contributed by atoms with Crippen molar-refractivity contribution in [3.63, 3.8) is 0 Å². The molecule has 2 aromatic rings.